The van der Waals surface area contributed by atoms with Gasteiger partial charge in [0.05, 0.1) is 17.9 Å². The molecule has 154 valence electrons. The molecule has 0 bridgehead atoms. The zero-order chi connectivity index (χ0) is 20.8. The number of para-hydroxylation sites is 1. The Kier molecular flexibility index (Phi) is 7.09. The van der Waals surface area contributed by atoms with Crippen LogP contribution in [0.5, 0.6) is 5.75 Å². The van der Waals surface area contributed by atoms with Gasteiger partial charge in [0.1, 0.15) is 11.6 Å². The highest BCUT2D eigenvalue weighted by atomic mass is 35.5. The zero-order valence-corrected chi connectivity index (χ0v) is 17.1. The van der Waals surface area contributed by atoms with Gasteiger partial charge in [-0.25, -0.2) is 4.39 Å². The van der Waals surface area contributed by atoms with Gasteiger partial charge in [0.25, 0.3) is 5.91 Å². The average Bonchev–Trinajstić information content (AvgIpc) is 2.70. The molecule has 0 unspecified atom stereocenters. The molecule has 0 aromatic heterocycles. The number of fused-ring (bicyclic) bond motifs is 1. The van der Waals surface area contributed by atoms with Gasteiger partial charge in [-0.2, -0.15) is 0 Å². The molecular formula is C22H24ClFN2O3. The number of halogens is 2. The van der Waals surface area contributed by atoms with Crippen molar-refractivity contribution in [2.45, 2.75) is 32.6 Å². The van der Waals surface area contributed by atoms with Gasteiger partial charge in [-0.15, -0.1) is 0 Å². The number of benzene rings is 2. The number of amides is 2. The van der Waals surface area contributed by atoms with Crippen LogP contribution in [-0.4, -0.2) is 31.5 Å². The smallest absolute Gasteiger partial charge is 0.255 e. The molecule has 0 saturated carbocycles. The van der Waals surface area contributed by atoms with E-state index in [0.717, 1.165) is 12.0 Å². The lowest BCUT2D eigenvalue weighted by Crippen LogP contribution is -2.36. The maximum absolute atomic E-state index is 14.4. The number of anilines is 1. The largest absolute Gasteiger partial charge is 0.493 e. The molecule has 0 fully saturated rings. The van der Waals surface area contributed by atoms with Crippen molar-refractivity contribution in [1.82, 2.24) is 5.32 Å². The molecule has 0 radical (unpaired) electrons. The van der Waals surface area contributed by atoms with Crippen LogP contribution in [0.15, 0.2) is 36.4 Å². The number of nitrogens with one attached hydrogen (secondary N) is 1. The summed E-state index contributed by atoms with van der Waals surface area (Å²) >= 11 is 5.93. The van der Waals surface area contributed by atoms with E-state index in [-0.39, 0.29) is 18.2 Å². The summed E-state index contributed by atoms with van der Waals surface area (Å²) in [5, 5.41) is 3.15. The van der Waals surface area contributed by atoms with E-state index in [2.05, 4.69) is 5.32 Å². The van der Waals surface area contributed by atoms with Crippen molar-refractivity contribution >= 4 is 29.1 Å². The summed E-state index contributed by atoms with van der Waals surface area (Å²) in [6, 6.07) is 9.98. The first-order valence-corrected chi connectivity index (χ1v) is 10.2. The quantitative estimate of drug-likeness (QED) is 0.679. The normalized spacial score (nSPS) is 13.0. The summed E-state index contributed by atoms with van der Waals surface area (Å²) in [4.78, 5) is 26.5. The van der Waals surface area contributed by atoms with Crippen LogP contribution in [0.2, 0.25) is 5.02 Å². The minimum atomic E-state index is -0.471. The van der Waals surface area contributed by atoms with Crippen LogP contribution in [0.25, 0.3) is 0 Å². The van der Waals surface area contributed by atoms with Crippen molar-refractivity contribution in [2.75, 3.05) is 24.6 Å². The van der Waals surface area contributed by atoms with E-state index in [1.807, 2.05) is 13.0 Å². The highest BCUT2D eigenvalue weighted by Crippen LogP contribution is 2.33. The molecule has 5 nitrogen and oxygen atoms in total. The number of hydrogen-bond donors (Lipinski definition) is 1. The molecule has 1 aliphatic heterocycles. The van der Waals surface area contributed by atoms with Crippen molar-refractivity contribution in [1.29, 1.82) is 0 Å². The van der Waals surface area contributed by atoms with Crippen LogP contribution < -0.4 is 15.0 Å². The van der Waals surface area contributed by atoms with Crippen LogP contribution in [0.4, 0.5) is 10.1 Å². The maximum Gasteiger partial charge on any atom is 0.255 e. The maximum atomic E-state index is 14.4. The van der Waals surface area contributed by atoms with E-state index in [9.17, 15) is 14.0 Å². The van der Waals surface area contributed by atoms with Crippen LogP contribution >= 0.6 is 11.6 Å². The zero-order valence-electron chi connectivity index (χ0n) is 16.3. The minimum absolute atomic E-state index is 0.156. The molecule has 3 rings (SSSR count). The lowest BCUT2D eigenvalue weighted by atomic mass is 10.0. The Labute approximate surface area is 174 Å². The van der Waals surface area contributed by atoms with Crippen LogP contribution in [0.3, 0.4) is 0 Å². The lowest BCUT2D eigenvalue weighted by Gasteiger charge is -2.30. The van der Waals surface area contributed by atoms with Crippen LogP contribution in [0, 0.1) is 5.82 Å². The van der Waals surface area contributed by atoms with Gasteiger partial charge in [-0.05, 0) is 56.0 Å². The molecule has 1 heterocycles. The summed E-state index contributed by atoms with van der Waals surface area (Å²) in [5.41, 5.74) is 1.56. The van der Waals surface area contributed by atoms with Crippen molar-refractivity contribution in [3.05, 3.63) is 58.4 Å². The Morgan fingerprint density at radius 3 is 2.86 bits per heavy atom. The molecule has 0 atom stereocenters. The average molecular weight is 419 g/mol. The van der Waals surface area contributed by atoms with E-state index in [0.29, 0.717) is 54.6 Å². The van der Waals surface area contributed by atoms with Crippen molar-refractivity contribution in [3.8, 4) is 5.75 Å². The fourth-order valence-electron chi connectivity index (χ4n) is 3.51. The van der Waals surface area contributed by atoms with E-state index in [1.165, 1.54) is 11.0 Å². The molecule has 2 aromatic rings. The summed E-state index contributed by atoms with van der Waals surface area (Å²) in [6.45, 7) is 3.15. The molecule has 2 amide bonds. The van der Waals surface area contributed by atoms with Gasteiger partial charge in [0.2, 0.25) is 5.91 Å². The Morgan fingerprint density at radius 1 is 1.28 bits per heavy atom. The van der Waals surface area contributed by atoms with E-state index in [4.69, 9.17) is 16.3 Å². The summed E-state index contributed by atoms with van der Waals surface area (Å²) in [7, 11) is 0. The van der Waals surface area contributed by atoms with Crippen LogP contribution in [-0.2, 0) is 11.2 Å². The third kappa shape index (κ3) is 5.07. The fraction of sp³-hybridized carbons (Fsp3) is 0.364. The Balaban J connectivity index is 1.55. The van der Waals surface area contributed by atoms with Gasteiger partial charge in [-0.1, -0.05) is 23.7 Å². The summed E-state index contributed by atoms with van der Waals surface area (Å²) in [6.07, 6.45) is 2.15. The third-order valence-electron chi connectivity index (χ3n) is 4.79. The number of nitrogens with zero attached hydrogens (tertiary/aromatic N) is 1. The summed E-state index contributed by atoms with van der Waals surface area (Å²) < 4.78 is 19.8. The molecule has 0 spiro atoms. The third-order valence-corrected chi connectivity index (χ3v) is 5.01. The molecule has 0 saturated heterocycles. The number of ether oxygens (including phenoxy) is 1. The predicted molar refractivity (Wildman–Crippen MR) is 111 cm³/mol. The fourth-order valence-corrected chi connectivity index (χ4v) is 3.74. The molecule has 1 N–H and O–H groups in total. The highest BCUT2D eigenvalue weighted by Gasteiger charge is 2.26. The Hall–Kier alpha value is -2.60. The number of aryl methyl sites for hydroxylation is 1. The number of carbonyl (C=O) groups excluding carboxylic acids is 2. The number of hydrogen-bond acceptors (Lipinski definition) is 3. The minimum Gasteiger partial charge on any atom is -0.493 e. The first-order valence-electron chi connectivity index (χ1n) is 9.79. The van der Waals surface area contributed by atoms with Gasteiger partial charge >= 0.3 is 0 Å². The second kappa shape index (κ2) is 9.74. The first-order chi connectivity index (χ1) is 14.0. The van der Waals surface area contributed by atoms with Gasteiger partial charge in [0.15, 0.2) is 0 Å². The number of rotatable bonds is 7. The van der Waals surface area contributed by atoms with Crippen molar-refractivity contribution in [3.63, 3.8) is 0 Å². The Bertz CT molecular complexity index is 904. The standard InChI is InChI=1S/C22H24ClFN2O3/c1-2-29-19-9-4-3-8-17(19)22(28)25-11-5-10-20(27)26-12-6-7-15-13-16(23)14-18(24)21(15)26/h3-4,8-9,13-14H,2,5-7,10-12H2,1H3,(H,25,28). The predicted octanol–water partition coefficient (Wildman–Crippen LogP) is 4.37. The van der Waals surface area contributed by atoms with Gasteiger partial charge in [0, 0.05) is 24.5 Å². The molecule has 29 heavy (non-hydrogen) atoms. The molecule has 7 heteroatoms. The van der Waals surface area contributed by atoms with E-state index < -0.39 is 5.82 Å². The molecular weight excluding hydrogens is 395 g/mol. The Morgan fingerprint density at radius 2 is 2.07 bits per heavy atom. The molecule has 0 aliphatic carbocycles. The molecule has 1 aliphatic rings. The van der Waals surface area contributed by atoms with Crippen molar-refractivity contribution in [2.24, 2.45) is 0 Å². The topological polar surface area (TPSA) is 58.6 Å². The highest BCUT2D eigenvalue weighted by molar-refractivity contribution is 6.30. The van der Waals surface area contributed by atoms with Crippen LogP contribution in [0.1, 0.15) is 42.1 Å². The van der Waals surface area contributed by atoms with Gasteiger partial charge in [-0.3, -0.25) is 9.59 Å². The van der Waals surface area contributed by atoms with E-state index >= 15 is 0 Å². The SMILES string of the molecule is CCOc1ccccc1C(=O)NCCCC(=O)N1CCCc2cc(Cl)cc(F)c21. The van der Waals surface area contributed by atoms with Crippen molar-refractivity contribution < 1.29 is 18.7 Å². The second-order valence-corrected chi connectivity index (χ2v) is 7.27. The number of carbonyl (C=O) groups is 2. The second-order valence-electron chi connectivity index (χ2n) is 6.83. The first kappa shape index (κ1) is 21.1. The van der Waals surface area contributed by atoms with Gasteiger partial charge < -0.3 is 15.0 Å². The lowest BCUT2D eigenvalue weighted by molar-refractivity contribution is -0.118. The molecule has 2 aromatic carbocycles. The summed E-state index contributed by atoms with van der Waals surface area (Å²) in [5.74, 6) is -0.342. The van der Waals surface area contributed by atoms with E-state index in [1.54, 1.807) is 24.3 Å². The monoisotopic (exact) mass is 418 g/mol.